The van der Waals surface area contributed by atoms with E-state index in [1.165, 1.54) is 51.6 Å². The molecule has 0 aromatic rings. The number of carbonyl (C=O) groups is 1. The normalized spacial score (nSPS) is 23.2. The van der Waals surface area contributed by atoms with Crippen molar-refractivity contribution in [2.24, 2.45) is 5.92 Å². The number of nitrogens with zero attached hydrogens (tertiary/aromatic N) is 2. The molecule has 1 aliphatic heterocycles. The van der Waals surface area contributed by atoms with E-state index in [0.29, 0.717) is 6.54 Å². The molecular weight excluding hydrogens is 274 g/mol. The maximum atomic E-state index is 12.1. The van der Waals surface area contributed by atoms with Gasteiger partial charge in [0, 0.05) is 25.2 Å². The van der Waals surface area contributed by atoms with Gasteiger partial charge in [-0.3, -0.25) is 9.69 Å². The molecule has 0 spiro atoms. The fourth-order valence-corrected chi connectivity index (χ4v) is 3.76. The van der Waals surface area contributed by atoms with E-state index in [9.17, 15) is 4.79 Å². The molecular formula is C18H35N3O. The third-order valence-corrected chi connectivity index (χ3v) is 4.80. The van der Waals surface area contributed by atoms with Crippen LogP contribution in [-0.2, 0) is 4.79 Å². The van der Waals surface area contributed by atoms with Crippen molar-refractivity contribution < 1.29 is 4.79 Å². The summed E-state index contributed by atoms with van der Waals surface area (Å²) in [6.07, 6.45) is 8.33. The minimum Gasteiger partial charge on any atom is -0.350 e. The monoisotopic (exact) mass is 309 g/mol. The Hall–Kier alpha value is -0.610. The highest BCUT2D eigenvalue weighted by atomic mass is 16.2. The second-order valence-corrected chi connectivity index (χ2v) is 8.23. The van der Waals surface area contributed by atoms with E-state index in [0.717, 1.165) is 25.6 Å². The van der Waals surface area contributed by atoms with Crippen LogP contribution in [0.25, 0.3) is 0 Å². The van der Waals surface area contributed by atoms with Crippen molar-refractivity contribution >= 4 is 5.91 Å². The first kappa shape index (κ1) is 17.7. The topological polar surface area (TPSA) is 35.6 Å². The summed E-state index contributed by atoms with van der Waals surface area (Å²) in [4.78, 5) is 17.0. The summed E-state index contributed by atoms with van der Waals surface area (Å²) in [7, 11) is 0. The second kappa shape index (κ2) is 8.30. The van der Waals surface area contributed by atoms with Crippen LogP contribution in [0.3, 0.4) is 0 Å². The van der Waals surface area contributed by atoms with Crippen molar-refractivity contribution in [1.29, 1.82) is 0 Å². The molecule has 1 saturated carbocycles. The highest BCUT2D eigenvalue weighted by molar-refractivity contribution is 5.78. The molecule has 22 heavy (non-hydrogen) atoms. The van der Waals surface area contributed by atoms with Crippen LogP contribution in [0.4, 0.5) is 0 Å². The van der Waals surface area contributed by atoms with Gasteiger partial charge in [0.15, 0.2) is 0 Å². The van der Waals surface area contributed by atoms with Crippen LogP contribution in [0, 0.1) is 5.92 Å². The molecule has 0 unspecified atom stereocenters. The quantitative estimate of drug-likeness (QED) is 0.866. The molecule has 0 bridgehead atoms. The second-order valence-electron chi connectivity index (χ2n) is 8.23. The van der Waals surface area contributed by atoms with E-state index in [4.69, 9.17) is 0 Å². The van der Waals surface area contributed by atoms with Crippen molar-refractivity contribution in [3.05, 3.63) is 0 Å². The number of nitrogens with one attached hydrogen (secondary N) is 1. The van der Waals surface area contributed by atoms with Crippen molar-refractivity contribution in [3.63, 3.8) is 0 Å². The van der Waals surface area contributed by atoms with Gasteiger partial charge in [0.25, 0.3) is 0 Å². The molecule has 2 rings (SSSR count). The Morgan fingerprint density at radius 2 is 1.59 bits per heavy atom. The van der Waals surface area contributed by atoms with Gasteiger partial charge in [-0.2, -0.15) is 0 Å². The highest BCUT2D eigenvalue weighted by Crippen LogP contribution is 2.24. The lowest BCUT2D eigenvalue weighted by Crippen LogP contribution is -2.46. The summed E-state index contributed by atoms with van der Waals surface area (Å²) in [5.74, 6) is 1.08. The third kappa shape index (κ3) is 6.66. The summed E-state index contributed by atoms with van der Waals surface area (Å²) >= 11 is 0. The SMILES string of the molecule is CC(C)(C)NC(=O)CN1CCCN(CC2CCCCC2)CC1. The molecule has 128 valence electrons. The minimum atomic E-state index is -0.129. The van der Waals surface area contributed by atoms with Gasteiger partial charge in [0.1, 0.15) is 0 Å². The summed E-state index contributed by atoms with van der Waals surface area (Å²) in [5, 5.41) is 3.07. The molecule has 1 aliphatic carbocycles. The van der Waals surface area contributed by atoms with E-state index in [-0.39, 0.29) is 11.4 Å². The van der Waals surface area contributed by atoms with Crippen LogP contribution in [0.1, 0.15) is 59.3 Å². The molecule has 1 N–H and O–H groups in total. The molecule has 0 atom stereocenters. The van der Waals surface area contributed by atoms with E-state index in [2.05, 4.69) is 15.1 Å². The molecule has 2 aliphatic rings. The number of hydrogen-bond donors (Lipinski definition) is 1. The summed E-state index contributed by atoms with van der Waals surface area (Å²) in [5.41, 5.74) is -0.129. The highest BCUT2D eigenvalue weighted by Gasteiger charge is 2.22. The minimum absolute atomic E-state index is 0.129. The lowest BCUT2D eigenvalue weighted by Gasteiger charge is -2.29. The Kier molecular flexibility index (Phi) is 6.69. The van der Waals surface area contributed by atoms with Gasteiger partial charge >= 0.3 is 0 Å². The Bertz CT molecular complexity index is 345. The van der Waals surface area contributed by atoms with E-state index >= 15 is 0 Å². The summed E-state index contributed by atoms with van der Waals surface area (Å²) in [6.45, 7) is 12.4. The van der Waals surface area contributed by atoms with Crippen LogP contribution in [-0.4, -0.2) is 60.5 Å². The summed E-state index contributed by atoms with van der Waals surface area (Å²) < 4.78 is 0. The molecule has 1 saturated heterocycles. The molecule has 4 nitrogen and oxygen atoms in total. The van der Waals surface area contributed by atoms with Crippen LogP contribution >= 0.6 is 0 Å². The molecule has 2 fully saturated rings. The molecule has 1 heterocycles. The molecule has 0 radical (unpaired) electrons. The molecule has 4 heteroatoms. The van der Waals surface area contributed by atoms with Crippen molar-refractivity contribution in [1.82, 2.24) is 15.1 Å². The fourth-order valence-electron chi connectivity index (χ4n) is 3.76. The van der Waals surface area contributed by atoms with Crippen LogP contribution in [0.5, 0.6) is 0 Å². The molecule has 1 amide bonds. The number of hydrogen-bond acceptors (Lipinski definition) is 3. The van der Waals surface area contributed by atoms with Gasteiger partial charge in [-0.15, -0.1) is 0 Å². The van der Waals surface area contributed by atoms with Gasteiger partial charge < -0.3 is 10.2 Å². The fraction of sp³-hybridized carbons (Fsp3) is 0.944. The number of amides is 1. The predicted molar refractivity (Wildman–Crippen MR) is 92.0 cm³/mol. The maximum Gasteiger partial charge on any atom is 0.234 e. The first-order valence-electron chi connectivity index (χ1n) is 9.18. The lowest BCUT2D eigenvalue weighted by molar-refractivity contribution is -0.123. The van der Waals surface area contributed by atoms with Gasteiger partial charge in [0.05, 0.1) is 6.54 Å². The molecule has 0 aromatic carbocycles. The average molecular weight is 309 g/mol. The van der Waals surface area contributed by atoms with E-state index in [1.807, 2.05) is 20.8 Å². The maximum absolute atomic E-state index is 12.1. The zero-order chi connectivity index (χ0) is 16.0. The van der Waals surface area contributed by atoms with Gasteiger partial charge in [-0.25, -0.2) is 0 Å². The van der Waals surface area contributed by atoms with Gasteiger partial charge in [-0.1, -0.05) is 19.3 Å². The van der Waals surface area contributed by atoms with Crippen LogP contribution in [0.15, 0.2) is 0 Å². The first-order valence-corrected chi connectivity index (χ1v) is 9.18. The van der Waals surface area contributed by atoms with Gasteiger partial charge in [0.2, 0.25) is 5.91 Å². The van der Waals surface area contributed by atoms with Crippen LogP contribution in [0.2, 0.25) is 0 Å². The smallest absolute Gasteiger partial charge is 0.234 e. The largest absolute Gasteiger partial charge is 0.350 e. The van der Waals surface area contributed by atoms with E-state index in [1.54, 1.807) is 0 Å². The summed E-state index contributed by atoms with van der Waals surface area (Å²) in [6, 6.07) is 0. The van der Waals surface area contributed by atoms with Crippen molar-refractivity contribution in [2.75, 3.05) is 39.3 Å². The average Bonchev–Trinajstić information content (AvgIpc) is 2.63. The van der Waals surface area contributed by atoms with Crippen LogP contribution < -0.4 is 5.32 Å². The zero-order valence-electron chi connectivity index (χ0n) is 14.9. The standard InChI is InChI=1S/C18H35N3O/c1-18(2,3)19-17(22)15-21-11-7-10-20(12-13-21)14-16-8-5-4-6-9-16/h16H,4-15H2,1-3H3,(H,19,22). The lowest BCUT2D eigenvalue weighted by atomic mass is 9.89. The van der Waals surface area contributed by atoms with Crippen molar-refractivity contribution in [2.45, 2.75) is 64.8 Å². The van der Waals surface area contributed by atoms with Crippen molar-refractivity contribution in [3.8, 4) is 0 Å². The Morgan fingerprint density at radius 3 is 2.27 bits per heavy atom. The first-order chi connectivity index (χ1) is 10.4. The third-order valence-electron chi connectivity index (χ3n) is 4.80. The predicted octanol–water partition coefficient (Wildman–Crippen LogP) is 2.49. The Morgan fingerprint density at radius 1 is 0.955 bits per heavy atom. The number of rotatable bonds is 4. The number of carbonyl (C=O) groups excluding carboxylic acids is 1. The van der Waals surface area contributed by atoms with E-state index < -0.39 is 0 Å². The van der Waals surface area contributed by atoms with Gasteiger partial charge in [-0.05, 0) is 59.0 Å². The Balaban J connectivity index is 1.71. The molecule has 0 aromatic heterocycles. The Labute approximate surface area is 136 Å². The zero-order valence-corrected chi connectivity index (χ0v) is 14.9.